The number of hydrogen-bond donors (Lipinski definition) is 3. The molecule has 1 heterocycles. The lowest BCUT2D eigenvalue weighted by atomic mass is 9.99. The SMILES string of the molecule is CC(C)(C)OC(=O)NCc1ccc(C(=O)c2c(C(N)=O)[nH]c3ccccc23)cc1. The molecule has 0 aliphatic rings. The molecule has 0 aliphatic heterocycles. The van der Waals surface area contributed by atoms with Crippen molar-refractivity contribution >= 4 is 28.7 Å². The molecule has 150 valence electrons. The van der Waals surface area contributed by atoms with Gasteiger partial charge in [-0.05, 0) is 32.4 Å². The summed E-state index contributed by atoms with van der Waals surface area (Å²) >= 11 is 0. The summed E-state index contributed by atoms with van der Waals surface area (Å²) in [6.07, 6.45) is -0.512. The summed E-state index contributed by atoms with van der Waals surface area (Å²) in [7, 11) is 0. The van der Waals surface area contributed by atoms with Gasteiger partial charge in [0, 0.05) is 23.0 Å². The summed E-state index contributed by atoms with van der Waals surface area (Å²) in [4.78, 5) is 39.6. The lowest BCUT2D eigenvalue weighted by Crippen LogP contribution is -2.32. The van der Waals surface area contributed by atoms with Crippen LogP contribution < -0.4 is 11.1 Å². The number of aromatic nitrogens is 1. The fourth-order valence-electron chi connectivity index (χ4n) is 2.97. The highest BCUT2D eigenvalue weighted by Crippen LogP contribution is 2.25. The smallest absolute Gasteiger partial charge is 0.407 e. The molecule has 0 fully saturated rings. The number of benzene rings is 2. The normalized spacial score (nSPS) is 11.3. The van der Waals surface area contributed by atoms with Crippen LogP contribution in [-0.4, -0.2) is 28.4 Å². The molecule has 0 bridgehead atoms. The van der Waals surface area contributed by atoms with Gasteiger partial charge in [0.2, 0.25) is 0 Å². The Balaban J connectivity index is 1.80. The molecule has 0 atom stereocenters. The molecule has 0 aliphatic carbocycles. The van der Waals surface area contributed by atoms with Crippen molar-refractivity contribution in [2.75, 3.05) is 0 Å². The Hall–Kier alpha value is -3.61. The first-order valence-electron chi connectivity index (χ1n) is 9.17. The zero-order valence-corrected chi connectivity index (χ0v) is 16.5. The summed E-state index contributed by atoms with van der Waals surface area (Å²) in [5.41, 5.74) is 7.12. The fourth-order valence-corrected chi connectivity index (χ4v) is 2.97. The Morgan fingerprint density at radius 1 is 1.03 bits per heavy atom. The standard InChI is InChI=1S/C22H23N3O4/c1-22(2,3)29-21(28)24-12-13-8-10-14(11-9-13)19(26)17-15-6-4-5-7-16(15)25-18(17)20(23)27/h4-11,25H,12H2,1-3H3,(H2,23,27)(H,24,28). The number of rotatable bonds is 5. The first-order chi connectivity index (χ1) is 13.7. The third-order valence-electron chi connectivity index (χ3n) is 4.23. The lowest BCUT2D eigenvalue weighted by Gasteiger charge is -2.19. The monoisotopic (exact) mass is 393 g/mol. The number of fused-ring (bicyclic) bond motifs is 1. The number of primary amides is 1. The average Bonchev–Trinajstić information content (AvgIpc) is 3.05. The second-order valence-electron chi connectivity index (χ2n) is 7.67. The molecule has 0 unspecified atom stereocenters. The highest BCUT2D eigenvalue weighted by molar-refractivity contribution is 6.21. The molecule has 4 N–H and O–H groups in total. The second kappa shape index (κ2) is 7.79. The number of ether oxygens (including phenoxy) is 1. The number of carbonyl (C=O) groups excluding carboxylic acids is 3. The first kappa shape index (κ1) is 20.1. The molecule has 0 spiro atoms. The zero-order chi connectivity index (χ0) is 21.2. The predicted molar refractivity (Wildman–Crippen MR) is 110 cm³/mol. The molecule has 0 radical (unpaired) electrons. The minimum atomic E-state index is -0.692. The third kappa shape index (κ3) is 4.63. The number of aromatic amines is 1. The van der Waals surface area contributed by atoms with Crippen molar-refractivity contribution in [1.29, 1.82) is 0 Å². The van der Waals surface area contributed by atoms with Crippen molar-refractivity contribution in [3.05, 3.63) is 70.9 Å². The van der Waals surface area contributed by atoms with Gasteiger partial charge < -0.3 is 20.8 Å². The highest BCUT2D eigenvalue weighted by Gasteiger charge is 2.22. The maximum absolute atomic E-state index is 13.1. The number of nitrogens with two attached hydrogens (primary N) is 1. The summed E-state index contributed by atoms with van der Waals surface area (Å²) in [6, 6.07) is 13.9. The predicted octanol–water partition coefficient (Wildman–Crippen LogP) is 3.52. The maximum Gasteiger partial charge on any atom is 0.407 e. The van der Waals surface area contributed by atoms with Crippen LogP contribution in [0.4, 0.5) is 4.79 Å². The van der Waals surface area contributed by atoms with Gasteiger partial charge in [-0.15, -0.1) is 0 Å². The lowest BCUT2D eigenvalue weighted by molar-refractivity contribution is 0.0523. The minimum Gasteiger partial charge on any atom is -0.444 e. The zero-order valence-electron chi connectivity index (χ0n) is 16.5. The van der Waals surface area contributed by atoms with E-state index in [-0.39, 0.29) is 23.6 Å². The fraction of sp³-hybridized carbons (Fsp3) is 0.227. The Kier molecular flexibility index (Phi) is 5.41. The molecule has 0 saturated carbocycles. The van der Waals surface area contributed by atoms with Gasteiger partial charge in [0.15, 0.2) is 5.78 Å². The molecule has 0 saturated heterocycles. The number of alkyl carbamates (subject to hydrolysis) is 1. The maximum atomic E-state index is 13.1. The summed E-state index contributed by atoms with van der Waals surface area (Å²) in [5.74, 6) is -0.995. The van der Waals surface area contributed by atoms with Crippen molar-refractivity contribution in [2.24, 2.45) is 5.73 Å². The van der Waals surface area contributed by atoms with Crippen LogP contribution in [0.1, 0.15) is 52.7 Å². The van der Waals surface area contributed by atoms with E-state index in [1.54, 1.807) is 63.2 Å². The quantitative estimate of drug-likeness (QED) is 0.575. The number of nitrogens with one attached hydrogen (secondary N) is 2. The van der Waals surface area contributed by atoms with Crippen molar-refractivity contribution in [1.82, 2.24) is 10.3 Å². The van der Waals surface area contributed by atoms with Crippen LogP contribution in [0.25, 0.3) is 10.9 Å². The average molecular weight is 393 g/mol. The van der Waals surface area contributed by atoms with Crippen LogP contribution in [0, 0.1) is 0 Å². The van der Waals surface area contributed by atoms with E-state index in [4.69, 9.17) is 10.5 Å². The minimum absolute atomic E-state index is 0.0897. The molecule has 7 nitrogen and oxygen atoms in total. The van der Waals surface area contributed by atoms with E-state index in [0.717, 1.165) is 5.56 Å². The Bertz CT molecular complexity index is 1080. The third-order valence-corrected chi connectivity index (χ3v) is 4.23. The molecule has 3 aromatic rings. The largest absolute Gasteiger partial charge is 0.444 e. The number of hydrogen-bond acceptors (Lipinski definition) is 4. The summed E-state index contributed by atoms with van der Waals surface area (Å²) in [5, 5.41) is 3.31. The van der Waals surface area contributed by atoms with Gasteiger partial charge in [0.05, 0.1) is 5.56 Å². The van der Waals surface area contributed by atoms with Gasteiger partial charge in [-0.3, -0.25) is 9.59 Å². The Labute approximate surface area is 168 Å². The molecular weight excluding hydrogens is 370 g/mol. The second-order valence-corrected chi connectivity index (χ2v) is 7.67. The van der Waals surface area contributed by atoms with Gasteiger partial charge in [-0.2, -0.15) is 0 Å². The Morgan fingerprint density at radius 3 is 2.31 bits per heavy atom. The van der Waals surface area contributed by atoms with Crippen molar-refractivity contribution < 1.29 is 19.1 Å². The number of para-hydroxylation sites is 1. The van der Waals surface area contributed by atoms with Crippen LogP contribution in [-0.2, 0) is 11.3 Å². The molecule has 7 heteroatoms. The van der Waals surface area contributed by atoms with Gasteiger partial charge >= 0.3 is 6.09 Å². The van der Waals surface area contributed by atoms with Crippen molar-refractivity contribution in [3.63, 3.8) is 0 Å². The summed E-state index contributed by atoms with van der Waals surface area (Å²) < 4.78 is 5.20. The number of carbonyl (C=O) groups is 3. The first-order valence-corrected chi connectivity index (χ1v) is 9.17. The van der Waals surface area contributed by atoms with E-state index in [1.807, 2.05) is 6.07 Å². The van der Waals surface area contributed by atoms with Crippen LogP contribution in [0.3, 0.4) is 0 Å². The van der Waals surface area contributed by atoms with E-state index in [9.17, 15) is 14.4 Å². The molecule has 3 rings (SSSR count). The number of H-pyrrole nitrogens is 1. The van der Waals surface area contributed by atoms with Crippen LogP contribution in [0.5, 0.6) is 0 Å². The number of amides is 2. The van der Waals surface area contributed by atoms with Gasteiger partial charge in [0.1, 0.15) is 11.3 Å². The molecular formula is C22H23N3O4. The summed E-state index contributed by atoms with van der Waals surface area (Å²) in [6.45, 7) is 5.64. The Morgan fingerprint density at radius 2 is 1.69 bits per heavy atom. The molecule has 1 aromatic heterocycles. The van der Waals surface area contributed by atoms with Crippen LogP contribution in [0.2, 0.25) is 0 Å². The van der Waals surface area contributed by atoms with Gasteiger partial charge in [-0.1, -0.05) is 42.5 Å². The van der Waals surface area contributed by atoms with E-state index >= 15 is 0 Å². The number of ketones is 1. The molecule has 29 heavy (non-hydrogen) atoms. The van der Waals surface area contributed by atoms with Crippen molar-refractivity contribution in [2.45, 2.75) is 32.9 Å². The topological polar surface area (TPSA) is 114 Å². The van der Waals surface area contributed by atoms with Crippen LogP contribution in [0.15, 0.2) is 48.5 Å². The van der Waals surface area contributed by atoms with E-state index < -0.39 is 17.6 Å². The van der Waals surface area contributed by atoms with E-state index in [0.29, 0.717) is 16.5 Å². The molecule has 2 aromatic carbocycles. The van der Waals surface area contributed by atoms with Crippen molar-refractivity contribution in [3.8, 4) is 0 Å². The van der Waals surface area contributed by atoms with E-state index in [1.165, 1.54) is 0 Å². The van der Waals surface area contributed by atoms with Crippen LogP contribution >= 0.6 is 0 Å². The van der Waals surface area contributed by atoms with Gasteiger partial charge in [-0.25, -0.2) is 4.79 Å². The van der Waals surface area contributed by atoms with Gasteiger partial charge in [0.25, 0.3) is 5.91 Å². The highest BCUT2D eigenvalue weighted by atomic mass is 16.6. The molecule has 2 amide bonds. The van der Waals surface area contributed by atoms with E-state index in [2.05, 4.69) is 10.3 Å².